The number of benzene rings is 2. The molecule has 1 aromatic heterocycles. The number of hydrogen-bond acceptors (Lipinski definition) is 6. The van der Waals surface area contributed by atoms with E-state index >= 15 is 0 Å². The van der Waals surface area contributed by atoms with Crippen LogP contribution in [0, 0.1) is 12.3 Å². The molecule has 2 heterocycles. The Morgan fingerprint density at radius 3 is 2.05 bits per heavy atom. The summed E-state index contributed by atoms with van der Waals surface area (Å²) in [4.78, 5) is 36.8. The van der Waals surface area contributed by atoms with Gasteiger partial charge in [0.15, 0.2) is 0 Å². The molecule has 2 aromatic carbocycles. The molecule has 0 N–H and O–H groups in total. The molecule has 0 unspecified atom stereocenters. The Labute approximate surface area is 249 Å². The molecular formula is C31H40HgN2O6. The van der Waals surface area contributed by atoms with Crippen LogP contribution in [-0.2, 0) is 67.9 Å². The summed E-state index contributed by atoms with van der Waals surface area (Å²) in [6.45, 7) is 15.0. The van der Waals surface area contributed by atoms with Gasteiger partial charge in [-0.1, -0.05) is 31.5 Å². The summed E-state index contributed by atoms with van der Waals surface area (Å²) in [6.07, 6.45) is 1.59. The molecule has 0 saturated heterocycles. The quantitative estimate of drug-likeness (QED) is 0.272. The van der Waals surface area contributed by atoms with E-state index in [1.807, 2.05) is 51.1 Å². The van der Waals surface area contributed by atoms with Crippen molar-refractivity contribution in [2.75, 3.05) is 13.2 Å². The Kier molecular flexibility index (Phi) is 11.3. The average molecular weight is 737 g/mol. The van der Waals surface area contributed by atoms with Crippen molar-refractivity contribution in [1.82, 2.24) is 9.36 Å². The molecule has 0 amide bonds. The van der Waals surface area contributed by atoms with E-state index in [1.54, 1.807) is 9.36 Å². The minimum atomic E-state index is -1.52. The molecule has 3 aromatic rings. The van der Waals surface area contributed by atoms with Crippen molar-refractivity contribution in [1.29, 1.82) is 0 Å². The SMILES string of the molecule is CC(=O)[O][Hg][c]1ccccc1.CCc1cc(C)cc(CC)c1-c1c(OC(=O)C(C)(C)C)n2n(c1=O)CCOCC2. The van der Waals surface area contributed by atoms with E-state index in [4.69, 9.17) is 12.1 Å². The van der Waals surface area contributed by atoms with Crippen LogP contribution in [0.2, 0.25) is 0 Å². The van der Waals surface area contributed by atoms with Crippen LogP contribution < -0.4 is 13.4 Å². The van der Waals surface area contributed by atoms with Gasteiger partial charge in [-0.3, -0.25) is 9.59 Å². The number of rotatable bonds is 6. The topological polar surface area (TPSA) is 88.8 Å². The smallest absolute Gasteiger partial charge is 0.317 e. The molecule has 0 spiro atoms. The molecule has 0 saturated carbocycles. The predicted molar refractivity (Wildman–Crippen MR) is 151 cm³/mol. The number of hydrogen-bond donors (Lipinski definition) is 0. The molecule has 0 radical (unpaired) electrons. The number of carbonyl (C=O) groups excluding carboxylic acids is 2. The summed E-state index contributed by atoms with van der Waals surface area (Å²) in [5.74, 6) is -0.155. The molecule has 0 bridgehead atoms. The van der Waals surface area contributed by atoms with E-state index in [-0.39, 0.29) is 17.5 Å². The van der Waals surface area contributed by atoms with Crippen molar-refractivity contribution in [2.24, 2.45) is 5.41 Å². The van der Waals surface area contributed by atoms with Gasteiger partial charge in [0.1, 0.15) is 5.56 Å². The van der Waals surface area contributed by atoms with Crippen LogP contribution in [0.25, 0.3) is 11.1 Å². The Morgan fingerprint density at radius 1 is 0.950 bits per heavy atom. The van der Waals surface area contributed by atoms with Crippen LogP contribution in [0.1, 0.15) is 58.2 Å². The van der Waals surface area contributed by atoms with Gasteiger partial charge in [0.2, 0.25) is 5.88 Å². The molecule has 40 heavy (non-hydrogen) atoms. The predicted octanol–water partition coefficient (Wildman–Crippen LogP) is 4.60. The molecule has 0 aliphatic carbocycles. The fraction of sp³-hybridized carbons (Fsp3) is 0.452. The number of aryl methyl sites for hydroxylation is 3. The first-order chi connectivity index (χ1) is 19.0. The second-order valence-electron chi connectivity index (χ2n) is 10.9. The van der Waals surface area contributed by atoms with Gasteiger partial charge in [0.05, 0.1) is 31.7 Å². The zero-order valence-electron chi connectivity index (χ0n) is 24.8. The molecule has 212 valence electrons. The molecule has 0 fully saturated rings. The summed E-state index contributed by atoms with van der Waals surface area (Å²) >= 11 is -1.52. The van der Waals surface area contributed by atoms with E-state index < -0.39 is 30.4 Å². The van der Waals surface area contributed by atoms with Gasteiger partial charge >= 0.3 is 84.7 Å². The normalized spacial score (nSPS) is 12.8. The maximum atomic E-state index is 13.5. The van der Waals surface area contributed by atoms with Gasteiger partial charge in [-0.25, -0.2) is 9.36 Å². The van der Waals surface area contributed by atoms with E-state index in [1.165, 1.54) is 15.6 Å². The maximum Gasteiger partial charge on any atom is 0.317 e. The number of esters is 1. The van der Waals surface area contributed by atoms with Gasteiger partial charge in [-0.2, -0.15) is 0 Å². The van der Waals surface area contributed by atoms with Gasteiger partial charge < -0.3 is 9.47 Å². The third kappa shape index (κ3) is 7.94. The monoisotopic (exact) mass is 738 g/mol. The number of nitrogens with zero attached hydrogens (tertiary/aromatic N) is 2. The third-order valence-electron chi connectivity index (χ3n) is 6.63. The summed E-state index contributed by atoms with van der Waals surface area (Å²) < 4.78 is 21.2. The van der Waals surface area contributed by atoms with E-state index in [0.29, 0.717) is 37.7 Å². The van der Waals surface area contributed by atoms with Crippen molar-refractivity contribution in [3.05, 3.63) is 69.5 Å². The van der Waals surface area contributed by atoms with E-state index in [2.05, 4.69) is 32.9 Å². The summed E-state index contributed by atoms with van der Waals surface area (Å²) in [6, 6.07) is 14.2. The van der Waals surface area contributed by atoms with Gasteiger partial charge in [-0.05, 0) is 57.2 Å². The Bertz CT molecular complexity index is 1360. The van der Waals surface area contributed by atoms with Gasteiger partial charge in [0, 0.05) is 0 Å². The minimum Gasteiger partial charge on any atom is -0.407 e. The van der Waals surface area contributed by atoms with Gasteiger partial charge in [0.25, 0.3) is 5.56 Å². The zero-order chi connectivity index (χ0) is 29.4. The van der Waals surface area contributed by atoms with Crippen LogP contribution in [0.3, 0.4) is 0 Å². The number of ether oxygens (including phenoxy) is 2. The maximum absolute atomic E-state index is 13.5. The van der Waals surface area contributed by atoms with Crippen molar-refractivity contribution in [3.8, 4) is 17.0 Å². The van der Waals surface area contributed by atoms with Crippen molar-refractivity contribution >= 4 is 15.0 Å². The zero-order valence-corrected chi connectivity index (χ0v) is 30.3. The second-order valence-corrected chi connectivity index (χ2v) is 16.3. The average Bonchev–Trinajstić information content (AvgIpc) is 3.06. The first kappa shape index (κ1) is 31.8. The Hall–Kier alpha value is -2.71. The molecule has 1 aliphatic rings. The Balaban J connectivity index is 0.000000336. The molecular weight excluding hydrogens is 697 g/mol. The van der Waals surface area contributed by atoms with Crippen LogP contribution in [0.5, 0.6) is 5.88 Å². The summed E-state index contributed by atoms with van der Waals surface area (Å²) in [5, 5.41) is 0. The minimum absolute atomic E-state index is 0.125. The summed E-state index contributed by atoms with van der Waals surface area (Å²) in [7, 11) is 0. The molecule has 8 nitrogen and oxygen atoms in total. The third-order valence-corrected chi connectivity index (χ3v) is 11.9. The second kappa shape index (κ2) is 14.3. The standard InChI is InChI=1S/C23H32N2O4.C6H5.C2H4O2.Hg/c1-7-16-13-15(3)14-17(8-2)18(16)19-20(26)24-9-11-28-12-10-25(24)21(19)29-22(27)23(4,5)6;1-2-4-6-5-3-1;1-2(3)4;/h13-14H,7-12H2,1-6H3;1-5H;1H3,(H,3,4);/q;;;+1/p-1. The molecule has 0 atom stereocenters. The van der Waals surface area contributed by atoms with Crippen molar-refractivity contribution in [3.63, 3.8) is 0 Å². The van der Waals surface area contributed by atoms with Crippen LogP contribution >= 0.6 is 0 Å². The largest absolute Gasteiger partial charge is 0.407 e. The first-order valence-electron chi connectivity index (χ1n) is 13.9. The van der Waals surface area contributed by atoms with Crippen LogP contribution in [0.4, 0.5) is 0 Å². The summed E-state index contributed by atoms with van der Waals surface area (Å²) in [5.41, 5.74) is 3.99. The van der Waals surface area contributed by atoms with Crippen molar-refractivity contribution in [2.45, 2.75) is 74.4 Å². The van der Waals surface area contributed by atoms with Gasteiger partial charge in [-0.15, -0.1) is 0 Å². The van der Waals surface area contributed by atoms with E-state index in [9.17, 15) is 14.4 Å². The molecule has 4 rings (SSSR count). The number of aromatic nitrogens is 2. The van der Waals surface area contributed by atoms with E-state index in [0.717, 1.165) is 29.5 Å². The fourth-order valence-corrected chi connectivity index (χ4v) is 7.80. The Morgan fingerprint density at radius 2 is 1.52 bits per heavy atom. The first-order valence-corrected chi connectivity index (χ1v) is 18.9. The number of carbonyl (C=O) groups is 2. The van der Waals surface area contributed by atoms with Crippen LogP contribution in [-0.4, -0.2) is 34.5 Å². The fourth-order valence-electron chi connectivity index (χ4n) is 4.56. The van der Waals surface area contributed by atoms with Crippen LogP contribution in [0.15, 0.2) is 47.3 Å². The van der Waals surface area contributed by atoms with Crippen molar-refractivity contribution < 1.29 is 46.7 Å². The molecule has 1 aliphatic heterocycles. The number of fused-ring (bicyclic) bond motifs is 1. The molecule has 9 heteroatoms.